The Hall–Kier alpha value is -2.68. The number of rotatable bonds is 5. The van der Waals surface area contributed by atoms with Gasteiger partial charge in [-0.1, -0.05) is 0 Å². The van der Waals surface area contributed by atoms with Gasteiger partial charge in [-0.2, -0.15) is 0 Å². The van der Waals surface area contributed by atoms with Crippen LogP contribution >= 0.6 is 0 Å². The maximum absolute atomic E-state index is 13.0. The van der Waals surface area contributed by atoms with E-state index in [2.05, 4.69) is 0 Å². The van der Waals surface area contributed by atoms with Gasteiger partial charge in [0.1, 0.15) is 11.6 Å². The van der Waals surface area contributed by atoms with Crippen molar-refractivity contribution in [1.29, 1.82) is 0 Å². The molecule has 1 fully saturated rings. The Balaban J connectivity index is 1.62. The summed E-state index contributed by atoms with van der Waals surface area (Å²) in [5.41, 5.74) is 0.590. The average Bonchev–Trinajstić information content (AvgIpc) is 3.27. The molecular weight excluding hydrogens is 389 g/mol. The van der Waals surface area contributed by atoms with Crippen molar-refractivity contribution >= 4 is 21.7 Å². The zero-order valence-corrected chi connectivity index (χ0v) is 16.2. The normalized spacial score (nSPS) is 19.2. The first-order valence-electron chi connectivity index (χ1n) is 8.70. The number of hydrogen-bond acceptors (Lipinski definition) is 6. The number of esters is 1. The van der Waals surface area contributed by atoms with E-state index in [1.807, 2.05) is 0 Å². The molecule has 1 saturated heterocycles. The van der Waals surface area contributed by atoms with Crippen LogP contribution in [-0.4, -0.2) is 55.9 Å². The van der Waals surface area contributed by atoms with E-state index in [-0.39, 0.29) is 23.1 Å². The Morgan fingerprint density at radius 1 is 1.21 bits per heavy atom. The van der Waals surface area contributed by atoms with Gasteiger partial charge in [-0.05, 0) is 49.7 Å². The van der Waals surface area contributed by atoms with E-state index in [0.29, 0.717) is 17.7 Å². The van der Waals surface area contributed by atoms with Gasteiger partial charge >= 0.3 is 5.97 Å². The standard InChI is InChI=1S/C19H20FNO6S/c1-12(18(22)21(2)15-9-10-28(24,25)11-15)26-19(23)17-8-7-16(27-17)13-3-5-14(20)6-4-13/h3-8,12,15H,9-11H2,1-2H3/t12-,15-/m0/s1. The van der Waals surface area contributed by atoms with E-state index in [9.17, 15) is 22.4 Å². The van der Waals surface area contributed by atoms with Crippen molar-refractivity contribution in [2.24, 2.45) is 0 Å². The van der Waals surface area contributed by atoms with Crippen LogP contribution in [0.25, 0.3) is 11.3 Å². The van der Waals surface area contributed by atoms with Crippen LogP contribution in [0.1, 0.15) is 23.9 Å². The minimum Gasteiger partial charge on any atom is -0.449 e. The number of nitrogens with zero attached hydrogens (tertiary/aromatic N) is 1. The highest BCUT2D eigenvalue weighted by Crippen LogP contribution is 2.23. The molecular formula is C19H20FNO6S. The largest absolute Gasteiger partial charge is 0.449 e. The van der Waals surface area contributed by atoms with Gasteiger partial charge in [0.2, 0.25) is 5.76 Å². The monoisotopic (exact) mass is 409 g/mol. The van der Waals surface area contributed by atoms with Crippen LogP contribution in [-0.2, 0) is 19.4 Å². The van der Waals surface area contributed by atoms with E-state index in [4.69, 9.17) is 9.15 Å². The molecule has 1 amide bonds. The molecule has 0 unspecified atom stereocenters. The summed E-state index contributed by atoms with van der Waals surface area (Å²) in [5, 5.41) is 0. The second-order valence-electron chi connectivity index (χ2n) is 6.72. The van der Waals surface area contributed by atoms with Crippen molar-refractivity contribution in [3.05, 3.63) is 48.0 Å². The summed E-state index contributed by atoms with van der Waals surface area (Å²) >= 11 is 0. The second-order valence-corrected chi connectivity index (χ2v) is 8.95. The molecule has 1 aliphatic rings. The molecule has 0 bridgehead atoms. The van der Waals surface area contributed by atoms with Crippen molar-refractivity contribution in [2.45, 2.75) is 25.5 Å². The van der Waals surface area contributed by atoms with Gasteiger partial charge in [-0.3, -0.25) is 4.79 Å². The molecule has 0 spiro atoms. The first-order valence-corrected chi connectivity index (χ1v) is 10.5. The predicted octanol–water partition coefficient (Wildman–Crippen LogP) is 2.28. The molecule has 0 aliphatic carbocycles. The molecule has 2 heterocycles. The number of sulfone groups is 1. The number of carbonyl (C=O) groups excluding carboxylic acids is 2. The van der Waals surface area contributed by atoms with Crippen molar-refractivity contribution in [2.75, 3.05) is 18.6 Å². The fraction of sp³-hybridized carbons (Fsp3) is 0.368. The highest BCUT2D eigenvalue weighted by atomic mass is 32.2. The van der Waals surface area contributed by atoms with Gasteiger partial charge in [0.15, 0.2) is 15.9 Å². The third-order valence-corrected chi connectivity index (χ3v) is 6.42. The summed E-state index contributed by atoms with van der Waals surface area (Å²) in [6, 6.07) is 8.11. The molecule has 0 radical (unpaired) electrons. The molecule has 2 aromatic rings. The van der Waals surface area contributed by atoms with Crippen LogP contribution in [0, 0.1) is 5.82 Å². The van der Waals surface area contributed by atoms with Gasteiger partial charge in [-0.15, -0.1) is 0 Å². The first kappa shape index (κ1) is 20.1. The Kier molecular flexibility index (Phi) is 5.55. The zero-order valence-electron chi connectivity index (χ0n) is 15.4. The summed E-state index contributed by atoms with van der Waals surface area (Å²) in [6.45, 7) is 1.42. The van der Waals surface area contributed by atoms with E-state index in [1.54, 1.807) is 6.07 Å². The highest BCUT2D eigenvalue weighted by molar-refractivity contribution is 7.91. The molecule has 1 aromatic heterocycles. The third kappa shape index (κ3) is 4.41. The minimum atomic E-state index is -3.13. The Morgan fingerprint density at radius 2 is 1.89 bits per heavy atom. The number of benzene rings is 1. The molecule has 0 saturated carbocycles. The van der Waals surface area contributed by atoms with Gasteiger partial charge in [0, 0.05) is 18.7 Å². The molecule has 2 atom stereocenters. The molecule has 28 heavy (non-hydrogen) atoms. The third-order valence-electron chi connectivity index (χ3n) is 4.67. The van der Waals surface area contributed by atoms with Crippen LogP contribution in [0.5, 0.6) is 0 Å². The van der Waals surface area contributed by atoms with Crippen LogP contribution in [0.3, 0.4) is 0 Å². The van der Waals surface area contributed by atoms with Crippen LogP contribution in [0.4, 0.5) is 4.39 Å². The van der Waals surface area contributed by atoms with Crippen LogP contribution in [0.2, 0.25) is 0 Å². The second kappa shape index (κ2) is 7.75. The van der Waals surface area contributed by atoms with E-state index in [1.165, 1.54) is 49.2 Å². The van der Waals surface area contributed by atoms with Crippen molar-refractivity contribution in [3.63, 3.8) is 0 Å². The number of hydrogen-bond donors (Lipinski definition) is 0. The first-order chi connectivity index (χ1) is 13.2. The van der Waals surface area contributed by atoms with Crippen LogP contribution < -0.4 is 0 Å². The lowest BCUT2D eigenvalue weighted by Crippen LogP contribution is -2.44. The number of carbonyl (C=O) groups is 2. The molecule has 0 N–H and O–H groups in total. The molecule has 7 nitrogen and oxygen atoms in total. The molecule has 3 rings (SSSR count). The fourth-order valence-corrected chi connectivity index (χ4v) is 4.81. The SMILES string of the molecule is C[C@H](OC(=O)c1ccc(-c2ccc(F)cc2)o1)C(=O)N(C)[C@H]1CCS(=O)(=O)C1. The molecule has 9 heteroatoms. The smallest absolute Gasteiger partial charge is 0.375 e. The number of amides is 1. The quantitative estimate of drug-likeness (QED) is 0.704. The lowest BCUT2D eigenvalue weighted by Gasteiger charge is -2.26. The summed E-state index contributed by atoms with van der Waals surface area (Å²) in [6.07, 6.45) is -0.732. The van der Waals surface area contributed by atoms with Gasteiger partial charge in [0.25, 0.3) is 5.91 Å². The van der Waals surface area contributed by atoms with E-state index < -0.39 is 33.9 Å². The van der Waals surface area contributed by atoms with Gasteiger partial charge in [-0.25, -0.2) is 17.6 Å². The summed E-state index contributed by atoms with van der Waals surface area (Å²) in [7, 11) is -1.63. The number of furan rings is 1. The Bertz CT molecular complexity index is 982. The fourth-order valence-electron chi connectivity index (χ4n) is 3.03. The molecule has 1 aliphatic heterocycles. The average molecular weight is 409 g/mol. The predicted molar refractivity (Wildman–Crippen MR) is 98.8 cm³/mol. The Morgan fingerprint density at radius 3 is 2.50 bits per heavy atom. The number of halogens is 1. The number of ether oxygens (including phenoxy) is 1. The van der Waals surface area contributed by atoms with Crippen molar-refractivity contribution in [1.82, 2.24) is 4.90 Å². The van der Waals surface area contributed by atoms with Gasteiger partial charge < -0.3 is 14.1 Å². The van der Waals surface area contributed by atoms with Crippen LogP contribution in [0.15, 0.2) is 40.8 Å². The molecule has 150 valence electrons. The summed E-state index contributed by atoms with van der Waals surface area (Å²) < 4.78 is 46.8. The summed E-state index contributed by atoms with van der Waals surface area (Å²) in [4.78, 5) is 26.0. The minimum absolute atomic E-state index is 0.0437. The lowest BCUT2D eigenvalue weighted by molar-refractivity contribution is -0.140. The Labute approximate surface area is 162 Å². The zero-order chi connectivity index (χ0) is 20.5. The van der Waals surface area contributed by atoms with E-state index in [0.717, 1.165) is 0 Å². The lowest BCUT2D eigenvalue weighted by atomic mass is 10.2. The van der Waals surface area contributed by atoms with Crippen molar-refractivity contribution in [3.8, 4) is 11.3 Å². The molecule has 1 aromatic carbocycles. The maximum Gasteiger partial charge on any atom is 0.375 e. The van der Waals surface area contributed by atoms with E-state index >= 15 is 0 Å². The summed E-state index contributed by atoms with van der Waals surface area (Å²) in [5.74, 6) is -1.47. The number of likely N-dealkylation sites (N-methyl/N-ethyl adjacent to an activating group) is 1. The topological polar surface area (TPSA) is 93.9 Å². The maximum atomic E-state index is 13.0. The van der Waals surface area contributed by atoms with Gasteiger partial charge in [0.05, 0.1) is 11.5 Å². The van der Waals surface area contributed by atoms with Crippen molar-refractivity contribution < 1.29 is 31.6 Å². The highest BCUT2D eigenvalue weighted by Gasteiger charge is 2.35.